The first-order chi connectivity index (χ1) is 10.6. The molecule has 2 N–H and O–H groups in total. The molecule has 0 radical (unpaired) electrons. The highest BCUT2D eigenvalue weighted by Crippen LogP contribution is 2.17. The topological polar surface area (TPSA) is 45.6 Å². The van der Waals surface area contributed by atoms with Gasteiger partial charge in [-0.2, -0.15) is 5.10 Å². The highest BCUT2D eigenvalue weighted by atomic mass is 32.1. The van der Waals surface area contributed by atoms with Gasteiger partial charge in [-0.25, -0.2) is 0 Å². The molecule has 1 saturated carbocycles. The average molecular weight is 319 g/mol. The molecule has 120 valence electrons. The van der Waals surface area contributed by atoms with Gasteiger partial charge in [-0.1, -0.05) is 19.3 Å². The van der Waals surface area contributed by atoms with Crippen molar-refractivity contribution in [3.8, 4) is 5.75 Å². The van der Waals surface area contributed by atoms with E-state index >= 15 is 0 Å². The van der Waals surface area contributed by atoms with Crippen LogP contribution in [-0.2, 0) is 0 Å². The van der Waals surface area contributed by atoms with E-state index in [4.69, 9.17) is 17.0 Å². The van der Waals surface area contributed by atoms with Crippen LogP contribution in [0.4, 0.5) is 0 Å². The lowest BCUT2D eigenvalue weighted by Gasteiger charge is -2.23. The summed E-state index contributed by atoms with van der Waals surface area (Å²) in [5, 5.41) is 8.10. The predicted octanol–water partition coefficient (Wildman–Crippen LogP) is 3.60. The zero-order chi connectivity index (χ0) is 15.8. The molecule has 0 heterocycles. The van der Waals surface area contributed by atoms with E-state index in [9.17, 15) is 0 Å². The second kappa shape index (κ2) is 8.73. The molecule has 0 atom stereocenters. The maximum Gasteiger partial charge on any atom is 0.187 e. The average Bonchev–Trinajstić information content (AvgIpc) is 2.49. The quantitative estimate of drug-likeness (QED) is 0.494. The number of ether oxygens (including phenoxy) is 1. The SMILES string of the molecule is CC(C)Oc1ccc(/C=N/NC(=S)NC2CCCCC2)cc1. The number of rotatable bonds is 5. The van der Waals surface area contributed by atoms with Gasteiger partial charge < -0.3 is 10.1 Å². The Hall–Kier alpha value is -1.62. The first kappa shape index (κ1) is 16.7. The van der Waals surface area contributed by atoms with Gasteiger partial charge in [0, 0.05) is 6.04 Å². The highest BCUT2D eigenvalue weighted by Gasteiger charge is 2.13. The normalized spacial score (nSPS) is 16.0. The molecule has 0 saturated heterocycles. The predicted molar refractivity (Wildman–Crippen MR) is 95.5 cm³/mol. The van der Waals surface area contributed by atoms with Gasteiger partial charge in [0.25, 0.3) is 0 Å². The summed E-state index contributed by atoms with van der Waals surface area (Å²) in [5.41, 5.74) is 3.89. The van der Waals surface area contributed by atoms with Gasteiger partial charge in [-0.05, 0) is 68.7 Å². The molecule has 1 aliphatic rings. The maximum absolute atomic E-state index is 5.61. The third kappa shape index (κ3) is 6.02. The number of hydrazone groups is 1. The van der Waals surface area contributed by atoms with E-state index in [-0.39, 0.29) is 6.10 Å². The molecule has 2 rings (SSSR count). The fraction of sp³-hybridized carbons (Fsp3) is 0.529. The van der Waals surface area contributed by atoms with Crippen LogP contribution in [-0.4, -0.2) is 23.5 Å². The fourth-order valence-electron chi connectivity index (χ4n) is 2.53. The lowest BCUT2D eigenvalue weighted by Crippen LogP contribution is -2.40. The molecule has 0 aromatic heterocycles. The Kier molecular flexibility index (Phi) is 6.65. The zero-order valence-electron chi connectivity index (χ0n) is 13.3. The standard InChI is InChI=1S/C17H25N3OS/c1-13(2)21-16-10-8-14(9-11-16)12-18-20-17(22)19-15-6-4-3-5-7-15/h8-13,15H,3-7H2,1-2H3,(H2,19,20,22)/b18-12+. The second-order valence-corrected chi connectivity index (χ2v) is 6.32. The minimum atomic E-state index is 0.185. The molecule has 0 bridgehead atoms. The Morgan fingerprint density at radius 1 is 1.23 bits per heavy atom. The van der Waals surface area contributed by atoms with Crippen LogP contribution >= 0.6 is 12.2 Å². The first-order valence-electron chi connectivity index (χ1n) is 8.00. The van der Waals surface area contributed by atoms with Crippen molar-refractivity contribution in [3.05, 3.63) is 29.8 Å². The molecule has 4 nitrogen and oxygen atoms in total. The van der Waals surface area contributed by atoms with E-state index in [0.717, 1.165) is 11.3 Å². The Bertz CT molecular complexity index is 493. The van der Waals surface area contributed by atoms with Crippen LogP contribution in [0.5, 0.6) is 5.75 Å². The fourth-order valence-corrected chi connectivity index (χ4v) is 2.75. The lowest BCUT2D eigenvalue weighted by atomic mass is 9.96. The van der Waals surface area contributed by atoms with Crippen LogP contribution in [0.3, 0.4) is 0 Å². The van der Waals surface area contributed by atoms with Gasteiger partial charge in [0.15, 0.2) is 5.11 Å². The van der Waals surface area contributed by atoms with Crippen molar-refractivity contribution in [1.82, 2.24) is 10.7 Å². The van der Waals surface area contributed by atoms with E-state index in [0.29, 0.717) is 11.2 Å². The Labute approximate surface area is 138 Å². The van der Waals surface area contributed by atoms with E-state index in [1.165, 1.54) is 32.1 Å². The van der Waals surface area contributed by atoms with Crippen molar-refractivity contribution >= 4 is 23.5 Å². The molecular weight excluding hydrogens is 294 g/mol. The summed E-state index contributed by atoms with van der Waals surface area (Å²) in [7, 11) is 0. The summed E-state index contributed by atoms with van der Waals surface area (Å²) in [6.45, 7) is 4.03. The Morgan fingerprint density at radius 3 is 2.55 bits per heavy atom. The van der Waals surface area contributed by atoms with Gasteiger partial charge >= 0.3 is 0 Å². The van der Waals surface area contributed by atoms with Crippen molar-refractivity contribution in [2.45, 2.75) is 58.1 Å². The van der Waals surface area contributed by atoms with Crippen LogP contribution in [0.25, 0.3) is 0 Å². The van der Waals surface area contributed by atoms with Crippen molar-refractivity contribution < 1.29 is 4.74 Å². The summed E-state index contributed by atoms with van der Waals surface area (Å²) in [6, 6.07) is 8.33. The van der Waals surface area contributed by atoms with Crippen molar-refractivity contribution in [3.63, 3.8) is 0 Å². The molecule has 0 aliphatic heterocycles. The largest absolute Gasteiger partial charge is 0.491 e. The Balaban J connectivity index is 1.75. The van der Waals surface area contributed by atoms with Gasteiger partial charge in [0.1, 0.15) is 5.75 Å². The number of thiocarbonyl (C=S) groups is 1. The third-order valence-electron chi connectivity index (χ3n) is 3.57. The zero-order valence-corrected chi connectivity index (χ0v) is 14.2. The minimum absolute atomic E-state index is 0.185. The lowest BCUT2D eigenvalue weighted by molar-refractivity contribution is 0.242. The molecule has 0 amide bonds. The maximum atomic E-state index is 5.61. The number of nitrogens with zero attached hydrogens (tertiary/aromatic N) is 1. The summed E-state index contributed by atoms with van der Waals surface area (Å²) >= 11 is 5.26. The number of nitrogens with one attached hydrogen (secondary N) is 2. The molecule has 1 aromatic carbocycles. The van der Waals surface area contributed by atoms with Crippen molar-refractivity contribution in [2.24, 2.45) is 5.10 Å². The third-order valence-corrected chi connectivity index (χ3v) is 3.78. The van der Waals surface area contributed by atoms with Gasteiger partial charge in [0.05, 0.1) is 12.3 Å². The molecule has 1 aliphatic carbocycles. The number of benzene rings is 1. The molecule has 5 heteroatoms. The van der Waals surface area contributed by atoms with E-state index in [1.54, 1.807) is 6.21 Å². The van der Waals surface area contributed by atoms with Gasteiger partial charge in [-0.15, -0.1) is 0 Å². The van der Waals surface area contributed by atoms with Crippen LogP contribution in [0.1, 0.15) is 51.5 Å². The Morgan fingerprint density at radius 2 is 1.91 bits per heavy atom. The van der Waals surface area contributed by atoms with Crippen molar-refractivity contribution in [1.29, 1.82) is 0 Å². The van der Waals surface area contributed by atoms with Crippen LogP contribution < -0.4 is 15.5 Å². The van der Waals surface area contributed by atoms with E-state index < -0.39 is 0 Å². The molecule has 1 aromatic rings. The minimum Gasteiger partial charge on any atom is -0.491 e. The van der Waals surface area contributed by atoms with Gasteiger partial charge in [-0.3, -0.25) is 5.43 Å². The summed E-state index contributed by atoms with van der Waals surface area (Å²) in [4.78, 5) is 0. The monoisotopic (exact) mass is 319 g/mol. The van der Waals surface area contributed by atoms with Crippen LogP contribution in [0, 0.1) is 0 Å². The number of hydrogen-bond donors (Lipinski definition) is 2. The van der Waals surface area contributed by atoms with Crippen LogP contribution in [0.2, 0.25) is 0 Å². The van der Waals surface area contributed by atoms with E-state index in [1.807, 2.05) is 38.1 Å². The first-order valence-corrected chi connectivity index (χ1v) is 8.40. The summed E-state index contributed by atoms with van der Waals surface area (Å²) in [6.07, 6.45) is 8.25. The summed E-state index contributed by atoms with van der Waals surface area (Å²) in [5.74, 6) is 0.870. The summed E-state index contributed by atoms with van der Waals surface area (Å²) < 4.78 is 5.61. The van der Waals surface area contributed by atoms with E-state index in [2.05, 4.69) is 15.8 Å². The molecular formula is C17H25N3OS. The highest BCUT2D eigenvalue weighted by molar-refractivity contribution is 7.80. The molecule has 0 unspecified atom stereocenters. The van der Waals surface area contributed by atoms with Gasteiger partial charge in [0.2, 0.25) is 0 Å². The van der Waals surface area contributed by atoms with Crippen molar-refractivity contribution in [2.75, 3.05) is 0 Å². The second-order valence-electron chi connectivity index (χ2n) is 5.91. The van der Waals surface area contributed by atoms with Crippen LogP contribution in [0.15, 0.2) is 29.4 Å². The molecule has 0 spiro atoms. The smallest absolute Gasteiger partial charge is 0.187 e. The number of hydrogen-bond acceptors (Lipinski definition) is 3. The molecule has 22 heavy (non-hydrogen) atoms. The molecule has 1 fully saturated rings.